The van der Waals surface area contributed by atoms with Crippen LogP contribution in [0.5, 0.6) is 5.75 Å². The molecule has 2 N–H and O–H groups in total. The minimum atomic E-state index is -0.758. The van der Waals surface area contributed by atoms with Gasteiger partial charge in [-0.1, -0.05) is 26.0 Å². The fraction of sp³-hybridized carbons (Fsp3) is 0.611. The van der Waals surface area contributed by atoms with Crippen LogP contribution in [0.25, 0.3) is 0 Å². The van der Waals surface area contributed by atoms with Crippen molar-refractivity contribution >= 4 is 5.97 Å². The molecule has 0 fully saturated rings. The molecule has 0 amide bonds. The second-order valence-electron chi connectivity index (χ2n) is 6.38. The van der Waals surface area contributed by atoms with Crippen molar-refractivity contribution in [3.63, 3.8) is 0 Å². The van der Waals surface area contributed by atoms with Gasteiger partial charge in [-0.25, -0.2) is 0 Å². The predicted octanol–water partition coefficient (Wildman–Crippen LogP) is 2.35. The lowest BCUT2D eigenvalue weighted by Gasteiger charge is -2.28. The maximum absolute atomic E-state index is 12.1. The molecule has 0 spiro atoms. The van der Waals surface area contributed by atoms with Gasteiger partial charge in [0.2, 0.25) is 0 Å². The second-order valence-corrected chi connectivity index (χ2v) is 6.38. The van der Waals surface area contributed by atoms with Crippen molar-refractivity contribution < 1.29 is 14.3 Å². The third kappa shape index (κ3) is 6.59. The van der Waals surface area contributed by atoms with E-state index in [9.17, 15) is 4.79 Å². The van der Waals surface area contributed by atoms with Crippen LogP contribution < -0.4 is 15.4 Å². The number of nitrogens with one attached hydrogen (secondary N) is 2. The van der Waals surface area contributed by atoms with Crippen LogP contribution in [0.2, 0.25) is 0 Å². The van der Waals surface area contributed by atoms with Gasteiger partial charge in [0.1, 0.15) is 11.3 Å². The van der Waals surface area contributed by atoms with Gasteiger partial charge in [-0.05, 0) is 43.5 Å². The van der Waals surface area contributed by atoms with Crippen molar-refractivity contribution in [3.05, 3.63) is 29.8 Å². The summed E-state index contributed by atoms with van der Waals surface area (Å²) in [7, 11) is 3.06. The van der Waals surface area contributed by atoms with E-state index in [2.05, 4.69) is 24.5 Å². The highest BCUT2D eigenvalue weighted by Crippen LogP contribution is 2.13. The number of methoxy groups -OCH3 is 2. The van der Waals surface area contributed by atoms with Gasteiger partial charge >= 0.3 is 5.97 Å². The number of carbonyl (C=O) groups is 1. The molecule has 0 heterocycles. The first kappa shape index (κ1) is 19.5. The summed E-state index contributed by atoms with van der Waals surface area (Å²) in [6.07, 6.45) is 1.08. The van der Waals surface area contributed by atoms with Gasteiger partial charge in [0.25, 0.3) is 0 Å². The van der Waals surface area contributed by atoms with E-state index in [-0.39, 0.29) is 5.97 Å². The van der Waals surface area contributed by atoms with Gasteiger partial charge in [0, 0.05) is 13.1 Å². The molecule has 0 bridgehead atoms. The molecule has 0 aromatic heterocycles. The summed E-state index contributed by atoms with van der Waals surface area (Å²) in [5, 5.41) is 6.65. The van der Waals surface area contributed by atoms with E-state index in [1.165, 1.54) is 7.11 Å². The Balaban J connectivity index is 2.59. The smallest absolute Gasteiger partial charge is 0.327 e. The monoisotopic (exact) mass is 322 g/mol. The topological polar surface area (TPSA) is 59.6 Å². The van der Waals surface area contributed by atoms with Crippen LogP contribution in [0.1, 0.15) is 32.8 Å². The Hall–Kier alpha value is -1.59. The minimum absolute atomic E-state index is 0.261. The quantitative estimate of drug-likeness (QED) is 0.511. The molecule has 1 atom stereocenters. The largest absolute Gasteiger partial charge is 0.497 e. The molecule has 5 heteroatoms. The molecule has 1 rings (SSSR count). The van der Waals surface area contributed by atoms with Crippen LogP contribution in [-0.2, 0) is 16.1 Å². The molecule has 0 aliphatic rings. The van der Waals surface area contributed by atoms with Gasteiger partial charge in [0.05, 0.1) is 14.2 Å². The average Bonchev–Trinajstić information content (AvgIpc) is 2.56. The number of hydrogen-bond acceptors (Lipinski definition) is 5. The summed E-state index contributed by atoms with van der Waals surface area (Å²) in [4.78, 5) is 12.1. The first-order chi connectivity index (χ1) is 10.9. The summed E-state index contributed by atoms with van der Waals surface area (Å²) in [6.45, 7) is 8.23. The van der Waals surface area contributed by atoms with E-state index in [0.29, 0.717) is 19.0 Å². The molecule has 0 aliphatic heterocycles. The highest BCUT2D eigenvalue weighted by atomic mass is 16.5. The van der Waals surface area contributed by atoms with Crippen molar-refractivity contribution in [2.75, 3.05) is 27.3 Å². The minimum Gasteiger partial charge on any atom is -0.497 e. The van der Waals surface area contributed by atoms with Crippen LogP contribution in [0.3, 0.4) is 0 Å². The van der Waals surface area contributed by atoms with Crippen molar-refractivity contribution in [2.24, 2.45) is 5.92 Å². The predicted molar refractivity (Wildman–Crippen MR) is 92.6 cm³/mol. The zero-order valence-corrected chi connectivity index (χ0v) is 14.9. The average molecular weight is 322 g/mol. The zero-order chi connectivity index (χ0) is 17.3. The molecular formula is C18H30N2O3. The summed E-state index contributed by atoms with van der Waals surface area (Å²) in [5.74, 6) is 1.20. The third-order valence-corrected chi connectivity index (χ3v) is 3.85. The second kappa shape index (κ2) is 9.53. The molecule has 0 unspecified atom stereocenters. The molecule has 0 aliphatic carbocycles. The van der Waals surface area contributed by atoms with Crippen molar-refractivity contribution in [1.29, 1.82) is 0 Å². The number of rotatable bonds is 10. The molecule has 5 nitrogen and oxygen atoms in total. The standard InChI is InChI=1S/C18H30N2O3/c1-14(2)10-11-19-13-18(3,17(21)23-5)20-12-15-6-8-16(22-4)9-7-15/h6-9,14,19-20H,10-13H2,1-5H3/t18-/m0/s1. The number of carbonyl (C=O) groups excluding carboxylic acids is 1. The normalized spacial score (nSPS) is 13.7. The summed E-state index contributed by atoms with van der Waals surface area (Å²) >= 11 is 0. The van der Waals surface area contributed by atoms with Crippen LogP contribution in [0.4, 0.5) is 0 Å². The molecule has 0 saturated carbocycles. The number of benzene rings is 1. The lowest BCUT2D eigenvalue weighted by Crippen LogP contribution is -2.56. The molecule has 0 saturated heterocycles. The Morgan fingerprint density at radius 1 is 1.22 bits per heavy atom. The van der Waals surface area contributed by atoms with E-state index >= 15 is 0 Å². The fourth-order valence-electron chi connectivity index (χ4n) is 2.20. The summed E-state index contributed by atoms with van der Waals surface area (Å²) in [6, 6.07) is 7.78. The first-order valence-electron chi connectivity index (χ1n) is 8.08. The molecular weight excluding hydrogens is 292 g/mol. The van der Waals surface area contributed by atoms with Gasteiger partial charge in [0.15, 0.2) is 0 Å². The number of ether oxygens (including phenoxy) is 2. The fourth-order valence-corrected chi connectivity index (χ4v) is 2.20. The Kier molecular flexibility index (Phi) is 8.06. The highest BCUT2D eigenvalue weighted by Gasteiger charge is 2.33. The summed E-state index contributed by atoms with van der Waals surface area (Å²) < 4.78 is 10.1. The van der Waals surface area contributed by atoms with Crippen molar-refractivity contribution in [3.8, 4) is 5.75 Å². The van der Waals surface area contributed by atoms with Gasteiger partial charge < -0.3 is 14.8 Å². The molecule has 130 valence electrons. The van der Waals surface area contributed by atoms with Gasteiger partial charge in [-0.15, -0.1) is 0 Å². The number of esters is 1. The Morgan fingerprint density at radius 3 is 2.39 bits per heavy atom. The lowest BCUT2D eigenvalue weighted by atomic mass is 10.0. The van der Waals surface area contributed by atoms with Crippen LogP contribution >= 0.6 is 0 Å². The highest BCUT2D eigenvalue weighted by molar-refractivity contribution is 5.80. The van der Waals surface area contributed by atoms with Gasteiger partial charge in [-0.2, -0.15) is 0 Å². The Morgan fingerprint density at radius 2 is 1.87 bits per heavy atom. The zero-order valence-electron chi connectivity index (χ0n) is 14.9. The van der Waals surface area contributed by atoms with E-state index in [4.69, 9.17) is 9.47 Å². The first-order valence-corrected chi connectivity index (χ1v) is 8.08. The van der Waals surface area contributed by atoms with Crippen LogP contribution in [-0.4, -0.2) is 38.8 Å². The van der Waals surface area contributed by atoms with E-state index in [1.807, 2.05) is 31.2 Å². The van der Waals surface area contributed by atoms with E-state index in [0.717, 1.165) is 24.3 Å². The Labute approximate surface area is 139 Å². The number of hydrogen-bond donors (Lipinski definition) is 2. The van der Waals surface area contributed by atoms with Crippen molar-refractivity contribution in [2.45, 2.75) is 39.3 Å². The van der Waals surface area contributed by atoms with Crippen LogP contribution in [0, 0.1) is 5.92 Å². The lowest BCUT2D eigenvalue weighted by molar-refractivity contribution is -0.147. The maximum atomic E-state index is 12.1. The van der Waals surface area contributed by atoms with Crippen LogP contribution in [0.15, 0.2) is 24.3 Å². The maximum Gasteiger partial charge on any atom is 0.327 e. The molecule has 23 heavy (non-hydrogen) atoms. The Bertz CT molecular complexity index is 474. The van der Waals surface area contributed by atoms with Crippen molar-refractivity contribution in [1.82, 2.24) is 10.6 Å². The van der Waals surface area contributed by atoms with E-state index in [1.54, 1.807) is 7.11 Å². The van der Waals surface area contributed by atoms with E-state index < -0.39 is 5.54 Å². The third-order valence-electron chi connectivity index (χ3n) is 3.85. The van der Waals surface area contributed by atoms with Gasteiger partial charge in [-0.3, -0.25) is 10.1 Å². The SMILES string of the molecule is COC(=O)[C@](C)(CNCCC(C)C)NCc1ccc(OC)cc1. The molecule has 1 aromatic rings. The summed E-state index contributed by atoms with van der Waals surface area (Å²) in [5.41, 5.74) is 0.328. The molecule has 0 radical (unpaired) electrons. The molecule has 1 aromatic carbocycles.